The maximum absolute atomic E-state index is 9.68. The van der Waals surface area contributed by atoms with E-state index in [4.69, 9.17) is 4.74 Å². The SMILES string of the molecule is CCC(COC)NCc1cc(C)ccc1O. The zero-order valence-corrected chi connectivity index (χ0v) is 10.3. The van der Waals surface area contributed by atoms with E-state index in [1.165, 1.54) is 0 Å². The molecule has 0 saturated carbocycles. The fourth-order valence-corrected chi connectivity index (χ4v) is 1.63. The van der Waals surface area contributed by atoms with Crippen LogP contribution in [-0.4, -0.2) is 24.9 Å². The number of aryl methyl sites for hydroxylation is 1. The second-order valence-electron chi connectivity index (χ2n) is 4.07. The third-order valence-corrected chi connectivity index (χ3v) is 2.68. The van der Waals surface area contributed by atoms with Crippen LogP contribution in [0, 0.1) is 6.92 Å². The van der Waals surface area contributed by atoms with Gasteiger partial charge in [-0.05, 0) is 19.4 Å². The Kier molecular flexibility index (Phi) is 5.29. The summed E-state index contributed by atoms with van der Waals surface area (Å²) in [4.78, 5) is 0. The topological polar surface area (TPSA) is 41.5 Å². The van der Waals surface area contributed by atoms with E-state index < -0.39 is 0 Å². The molecule has 0 amide bonds. The summed E-state index contributed by atoms with van der Waals surface area (Å²) in [7, 11) is 1.70. The van der Waals surface area contributed by atoms with Gasteiger partial charge in [0.25, 0.3) is 0 Å². The molecule has 0 aliphatic carbocycles. The summed E-state index contributed by atoms with van der Waals surface area (Å²) >= 11 is 0. The summed E-state index contributed by atoms with van der Waals surface area (Å²) in [6.45, 7) is 5.51. The third kappa shape index (κ3) is 3.83. The first-order chi connectivity index (χ1) is 7.67. The van der Waals surface area contributed by atoms with Crippen LogP contribution in [0.2, 0.25) is 0 Å². The van der Waals surface area contributed by atoms with Gasteiger partial charge in [-0.2, -0.15) is 0 Å². The molecule has 0 saturated heterocycles. The average Bonchev–Trinajstić information content (AvgIpc) is 2.28. The number of ether oxygens (including phenoxy) is 1. The van der Waals surface area contributed by atoms with Crippen LogP contribution in [0.4, 0.5) is 0 Å². The molecule has 3 heteroatoms. The van der Waals surface area contributed by atoms with Crippen molar-refractivity contribution in [2.45, 2.75) is 32.9 Å². The standard InChI is InChI=1S/C13H21NO2/c1-4-12(9-16-3)14-8-11-7-10(2)5-6-13(11)15/h5-7,12,14-15H,4,8-9H2,1-3H3. The zero-order chi connectivity index (χ0) is 12.0. The fraction of sp³-hybridized carbons (Fsp3) is 0.538. The van der Waals surface area contributed by atoms with Crippen LogP contribution in [0.15, 0.2) is 18.2 Å². The fourth-order valence-electron chi connectivity index (χ4n) is 1.63. The maximum Gasteiger partial charge on any atom is 0.120 e. The van der Waals surface area contributed by atoms with E-state index in [9.17, 15) is 5.11 Å². The molecule has 2 N–H and O–H groups in total. The van der Waals surface area contributed by atoms with Crippen LogP contribution in [-0.2, 0) is 11.3 Å². The van der Waals surface area contributed by atoms with Crippen molar-refractivity contribution < 1.29 is 9.84 Å². The highest BCUT2D eigenvalue weighted by atomic mass is 16.5. The summed E-state index contributed by atoms with van der Waals surface area (Å²) in [6.07, 6.45) is 1.01. The van der Waals surface area contributed by atoms with Gasteiger partial charge in [0.1, 0.15) is 5.75 Å². The average molecular weight is 223 g/mol. The van der Waals surface area contributed by atoms with Crippen molar-refractivity contribution in [1.82, 2.24) is 5.32 Å². The first kappa shape index (κ1) is 13.0. The van der Waals surface area contributed by atoms with Crippen LogP contribution < -0.4 is 5.32 Å². The first-order valence-electron chi connectivity index (χ1n) is 5.68. The lowest BCUT2D eigenvalue weighted by molar-refractivity contribution is 0.163. The van der Waals surface area contributed by atoms with Gasteiger partial charge >= 0.3 is 0 Å². The van der Waals surface area contributed by atoms with Gasteiger partial charge in [-0.15, -0.1) is 0 Å². The second-order valence-corrected chi connectivity index (χ2v) is 4.07. The summed E-state index contributed by atoms with van der Waals surface area (Å²) in [5, 5.41) is 13.0. The van der Waals surface area contributed by atoms with E-state index in [1.54, 1.807) is 13.2 Å². The normalized spacial score (nSPS) is 12.7. The van der Waals surface area contributed by atoms with E-state index in [1.807, 2.05) is 19.1 Å². The molecule has 3 nitrogen and oxygen atoms in total. The first-order valence-corrected chi connectivity index (χ1v) is 5.68. The van der Waals surface area contributed by atoms with E-state index in [0.29, 0.717) is 24.9 Å². The summed E-state index contributed by atoms with van der Waals surface area (Å²) in [5.74, 6) is 0.352. The van der Waals surface area contributed by atoms with Crippen molar-refractivity contribution in [3.63, 3.8) is 0 Å². The van der Waals surface area contributed by atoms with E-state index in [-0.39, 0.29) is 0 Å². The quantitative estimate of drug-likeness (QED) is 0.777. The van der Waals surface area contributed by atoms with Crippen LogP contribution in [0.25, 0.3) is 0 Å². The predicted octanol–water partition coefficient (Wildman–Crippen LogP) is 2.22. The summed E-state index contributed by atoms with van der Waals surface area (Å²) < 4.78 is 5.11. The maximum atomic E-state index is 9.68. The molecule has 0 aliphatic rings. The molecule has 0 spiro atoms. The Bertz CT molecular complexity index is 326. The molecule has 0 aliphatic heterocycles. The van der Waals surface area contributed by atoms with Crippen LogP contribution in [0.1, 0.15) is 24.5 Å². The lowest BCUT2D eigenvalue weighted by atomic mass is 10.1. The van der Waals surface area contributed by atoms with Gasteiger partial charge < -0.3 is 15.2 Å². The predicted molar refractivity (Wildman–Crippen MR) is 65.6 cm³/mol. The Morgan fingerprint density at radius 1 is 1.44 bits per heavy atom. The summed E-state index contributed by atoms with van der Waals surface area (Å²) in [5.41, 5.74) is 2.10. The highest BCUT2D eigenvalue weighted by Crippen LogP contribution is 2.17. The Labute approximate surface area is 97.4 Å². The number of hydrogen-bond donors (Lipinski definition) is 2. The molecule has 1 aromatic rings. The molecule has 90 valence electrons. The third-order valence-electron chi connectivity index (χ3n) is 2.68. The Balaban J connectivity index is 2.55. The van der Waals surface area contributed by atoms with Crippen molar-refractivity contribution in [3.05, 3.63) is 29.3 Å². The highest BCUT2D eigenvalue weighted by Gasteiger charge is 2.07. The molecular weight excluding hydrogens is 202 g/mol. The van der Waals surface area contributed by atoms with Gasteiger partial charge in [-0.1, -0.05) is 24.6 Å². The molecule has 1 atom stereocenters. The van der Waals surface area contributed by atoms with Crippen molar-refractivity contribution >= 4 is 0 Å². The van der Waals surface area contributed by atoms with Gasteiger partial charge in [-0.3, -0.25) is 0 Å². The number of aromatic hydroxyl groups is 1. The number of benzene rings is 1. The van der Waals surface area contributed by atoms with E-state index in [2.05, 4.69) is 12.2 Å². The van der Waals surface area contributed by atoms with Gasteiger partial charge in [0.05, 0.1) is 6.61 Å². The number of nitrogens with one attached hydrogen (secondary N) is 1. The van der Waals surface area contributed by atoms with Gasteiger partial charge in [0, 0.05) is 25.3 Å². The zero-order valence-electron chi connectivity index (χ0n) is 10.3. The molecule has 1 rings (SSSR count). The molecule has 0 aromatic heterocycles. The highest BCUT2D eigenvalue weighted by molar-refractivity contribution is 5.35. The largest absolute Gasteiger partial charge is 0.508 e. The smallest absolute Gasteiger partial charge is 0.120 e. The molecule has 16 heavy (non-hydrogen) atoms. The number of hydrogen-bond acceptors (Lipinski definition) is 3. The number of phenolic OH excluding ortho intramolecular Hbond substituents is 1. The number of phenols is 1. The van der Waals surface area contributed by atoms with E-state index in [0.717, 1.165) is 17.5 Å². The minimum absolute atomic E-state index is 0.338. The van der Waals surface area contributed by atoms with Gasteiger partial charge in [0.2, 0.25) is 0 Å². The molecule has 0 fully saturated rings. The molecule has 1 unspecified atom stereocenters. The molecular formula is C13H21NO2. The minimum atomic E-state index is 0.338. The molecule has 0 heterocycles. The Morgan fingerprint density at radius 3 is 2.81 bits per heavy atom. The van der Waals surface area contributed by atoms with Crippen molar-refractivity contribution in [3.8, 4) is 5.75 Å². The minimum Gasteiger partial charge on any atom is -0.508 e. The number of methoxy groups -OCH3 is 1. The molecule has 0 bridgehead atoms. The van der Waals surface area contributed by atoms with Gasteiger partial charge in [-0.25, -0.2) is 0 Å². The monoisotopic (exact) mass is 223 g/mol. The number of rotatable bonds is 6. The summed E-state index contributed by atoms with van der Waals surface area (Å²) in [6, 6.07) is 5.99. The van der Waals surface area contributed by atoms with Crippen molar-refractivity contribution in [1.29, 1.82) is 0 Å². The Morgan fingerprint density at radius 2 is 2.19 bits per heavy atom. The van der Waals surface area contributed by atoms with Crippen LogP contribution in [0.5, 0.6) is 5.75 Å². The molecule has 1 aromatic carbocycles. The Hall–Kier alpha value is -1.06. The van der Waals surface area contributed by atoms with Crippen LogP contribution in [0.3, 0.4) is 0 Å². The molecule has 0 radical (unpaired) electrons. The van der Waals surface area contributed by atoms with Crippen molar-refractivity contribution in [2.24, 2.45) is 0 Å². The lowest BCUT2D eigenvalue weighted by Gasteiger charge is -2.16. The van der Waals surface area contributed by atoms with Gasteiger partial charge in [0.15, 0.2) is 0 Å². The lowest BCUT2D eigenvalue weighted by Crippen LogP contribution is -2.32. The second kappa shape index (κ2) is 6.51. The van der Waals surface area contributed by atoms with Crippen molar-refractivity contribution in [2.75, 3.05) is 13.7 Å². The van der Waals surface area contributed by atoms with E-state index >= 15 is 0 Å². The van der Waals surface area contributed by atoms with Crippen LogP contribution >= 0.6 is 0 Å².